The molecule has 116 valence electrons. The van der Waals surface area contributed by atoms with Crippen LogP contribution in [0.5, 0.6) is 0 Å². The maximum absolute atomic E-state index is 12.5. The third-order valence-corrected chi connectivity index (χ3v) is 5.73. The van der Waals surface area contributed by atoms with Gasteiger partial charge < -0.3 is 10.8 Å². The molecule has 0 bridgehead atoms. The molecular weight excluding hydrogens is 292 g/mol. The van der Waals surface area contributed by atoms with Crippen molar-refractivity contribution < 1.29 is 18.3 Å². The van der Waals surface area contributed by atoms with E-state index in [0.717, 1.165) is 0 Å². The lowest BCUT2D eigenvalue weighted by molar-refractivity contribution is 0.0367. The van der Waals surface area contributed by atoms with Crippen molar-refractivity contribution in [3.63, 3.8) is 0 Å². The Kier molecular flexibility index (Phi) is 4.36. The first-order valence-electron chi connectivity index (χ1n) is 6.76. The Morgan fingerprint density at radius 3 is 2.57 bits per heavy atom. The first-order valence-corrected chi connectivity index (χ1v) is 8.20. The number of aliphatic hydroxyl groups excluding tert-OH is 1. The minimum atomic E-state index is -3.66. The van der Waals surface area contributed by atoms with Gasteiger partial charge in [-0.1, -0.05) is 6.07 Å². The highest BCUT2D eigenvalue weighted by Gasteiger charge is 2.31. The zero-order chi connectivity index (χ0) is 15.8. The maximum Gasteiger partial charge on any atom is 0.249 e. The molecule has 1 aromatic carbocycles. The van der Waals surface area contributed by atoms with Crippen LogP contribution in [-0.2, 0) is 10.0 Å². The van der Waals surface area contributed by atoms with Crippen LogP contribution in [-0.4, -0.2) is 43.4 Å². The average Bonchev–Trinajstić information content (AvgIpc) is 2.36. The molecule has 0 saturated heterocycles. The van der Waals surface area contributed by atoms with Gasteiger partial charge in [0.25, 0.3) is 0 Å². The van der Waals surface area contributed by atoms with Crippen molar-refractivity contribution >= 4 is 15.9 Å². The van der Waals surface area contributed by atoms with Gasteiger partial charge in [-0.05, 0) is 43.4 Å². The predicted molar refractivity (Wildman–Crippen MR) is 78.2 cm³/mol. The molecule has 6 nitrogen and oxygen atoms in total. The lowest BCUT2D eigenvalue weighted by Crippen LogP contribution is -2.39. The summed E-state index contributed by atoms with van der Waals surface area (Å²) in [5.74, 6) is -0.463. The van der Waals surface area contributed by atoms with Crippen LogP contribution in [0.2, 0.25) is 0 Å². The summed E-state index contributed by atoms with van der Waals surface area (Å²) in [4.78, 5) is 11.4. The number of carbonyl (C=O) groups excluding carboxylic acids is 1. The maximum atomic E-state index is 12.5. The van der Waals surface area contributed by atoms with E-state index in [2.05, 4.69) is 0 Å². The van der Waals surface area contributed by atoms with Crippen LogP contribution in [0.3, 0.4) is 0 Å². The fourth-order valence-electron chi connectivity index (χ4n) is 2.52. The first-order chi connectivity index (χ1) is 9.71. The lowest BCUT2D eigenvalue weighted by atomic mass is 9.82. The molecular formula is C14H20N2O4S. The van der Waals surface area contributed by atoms with E-state index in [1.807, 2.05) is 0 Å². The number of amides is 1. The lowest BCUT2D eigenvalue weighted by Gasteiger charge is -2.34. The van der Waals surface area contributed by atoms with Gasteiger partial charge in [-0.3, -0.25) is 4.79 Å². The van der Waals surface area contributed by atoms with Gasteiger partial charge in [0.2, 0.25) is 15.9 Å². The number of sulfonamides is 1. The molecule has 0 atom stereocenters. The third kappa shape index (κ3) is 3.25. The molecule has 1 aromatic rings. The van der Waals surface area contributed by atoms with Crippen LogP contribution in [0.25, 0.3) is 0 Å². The second-order valence-corrected chi connectivity index (χ2v) is 7.66. The Hall–Kier alpha value is -1.44. The Labute approximate surface area is 124 Å². The first kappa shape index (κ1) is 15.9. The second kappa shape index (κ2) is 5.75. The van der Waals surface area contributed by atoms with Gasteiger partial charge in [0.15, 0.2) is 0 Å². The van der Waals surface area contributed by atoms with Crippen LogP contribution < -0.4 is 5.73 Å². The number of nitrogens with two attached hydrogens (primary N) is 1. The summed E-state index contributed by atoms with van der Waals surface area (Å²) in [6.07, 6.45) is 0.938. The van der Waals surface area contributed by atoms with Crippen LogP contribution in [0.15, 0.2) is 23.1 Å². The average molecular weight is 312 g/mol. The molecule has 0 aliphatic heterocycles. The standard InChI is InChI=1S/C14H20N2O4S/c1-9-3-4-12(7-13(9)14(15)18)21(19,20)16(2)8-10-5-11(17)6-10/h3-4,7,10-11,17H,5-6,8H2,1-2H3,(H2,15,18). The van der Waals surface area contributed by atoms with Crippen molar-refractivity contribution in [1.82, 2.24) is 4.31 Å². The number of aryl methyl sites for hydroxylation is 1. The monoisotopic (exact) mass is 312 g/mol. The molecule has 1 saturated carbocycles. The Morgan fingerprint density at radius 1 is 1.43 bits per heavy atom. The minimum Gasteiger partial charge on any atom is -0.393 e. The summed E-state index contributed by atoms with van der Waals surface area (Å²) in [5.41, 5.74) is 6.11. The van der Waals surface area contributed by atoms with Crippen molar-refractivity contribution in [3.8, 4) is 0 Å². The predicted octanol–water partition coefficient (Wildman–Crippen LogP) is 0.485. The van der Waals surface area contributed by atoms with Crippen LogP contribution in [0.4, 0.5) is 0 Å². The smallest absolute Gasteiger partial charge is 0.249 e. The summed E-state index contributed by atoms with van der Waals surface area (Å²) in [6.45, 7) is 2.06. The molecule has 0 radical (unpaired) electrons. The number of rotatable bonds is 5. The van der Waals surface area contributed by atoms with Crippen LogP contribution in [0, 0.1) is 12.8 Å². The second-order valence-electron chi connectivity index (χ2n) is 5.62. The molecule has 7 heteroatoms. The SMILES string of the molecule is Cc1ccc(S(=O)(=O)N(C)CC2CC(O)C2)cc1C(N)=O. The molecule has 3 N–H and O–H groups in total. The van der Waals surface area contributed by atoms with E-state index in [9.17, 15) is 18.3 Å². The summed E-state index contributed by atoms with van der Waals surface area (Å²) in [5, 5.41) is 9.26. The molecule has 1 amide bonds. The molecule has 1 fully saturated rings. The van der Waals surface area contributed by atoms with Gasteiger partial charge in [0.1, 0.15) is 0 Å². The van der Waals surface area contributed by atoms with E-state index in [0.29, 0.717) is 24.9 Å². The van der Waals surface area contributed by atoms with E-state index in [1.165, 1.54) is 23.5 Å². The van der Waals surface area contributed by atoms with E-state index >= 15 is 0 Å². The van der Waals surface area contributed by atoms with Crippen molar-refractivity contribution in [3.05, 3.63) is 29.3 Å². The minimum absolute atomic E-state index is 0.0595. The number of nitrogens with zero attached hydrogens (tertiary/aromatic N) is 1. The number of benzene rings is 1. The fourth-order valence-corrected chi connectivity index (χ4v) is 3.79. The van der Waals surface area contributed by atoms with Crippen molar-refractivity contribution in [2.45, 2.75) is 30.8 Å². The van der Waals surface area contributed by atoms with Crippen molar-refractivity contribution in [1.29, 1.82) is 0 Å². The summed E-state index contributed by atoms with van der Waals surface area (Å²) < 4.78 is 26.2. The fraction of sp³-hybridized carbons (Fsp3) is 0.500. The van der Waals surface area contributed by atoms with Gasteiger partial charge in [-0.2, -0.15) is 0 Å². The molecule has 0 heterocycles. The summed E-state index contributed by atoms with van der Waals surface area (Å²) >= 11 is 0. The van der Waals surface area contributed by atoms with Crippen LogP contribution >= 0.6 is 0 Å². The highest BCUT2D eigenvalue weighted by atomic mass is 32.2. The van der Waals surface area contributed by atoms with Crippen molar-refractivity contribution in [2.75, 3.05) is 13.6 Å². The number of hydrogen-bond acceptors (Lipinski definition) is 4. The number of primary amides is 1. The Bertz CT molecular complexity index is 651. The zero-order valence-corrected chi connectivity index (χ0v) is 12.9. The van der Waals surface area contributed by atoms with Gasteiger partial charge in [0, 0.05) is 19.2 Å². The zero-order valence-electron chi connectivity index (χ0n) is 12.1. The Morgan fingerprint density at radius 2 is 2.05 bits per heavy atom. The quantitative estimate of drug-likeness (QED) is 0.826. The highest BCUT2D eigenvalue weighted by Crippen LogP contribution is 2.29. The van der Waals surface area contributed by atoms with Gasteiger partial charge in [-0.25, -0.2) is 12.7 Å². The molecule has 0 unspecified atom stereocenters. The molecule has 0 aromatic heterocycles. The van der Waals surface area contributed by atoms with Crippen molar-refractivity contribution in [2.24, 2.45) is 11.7 Å². The number of carbonyl (C=O) groups is 1. The molecule has 1 aliphatic rings. The highest BCUT2D eigenvalue weighted by molar-refractivity contribution is 7.89. The summed E-state index contributed by atoms with van der Waals surface area (Å²) in [7, 11) is -2.15. The van der Waals surface area contributed by atoms with Gasteiger partial charge in [0.05, 0.1) is 11.0 Å². The molecule has 21 heavy (non-hydrogen) atoms. The Balaban J connectivity index is 2.22. The van der Waals surface area contributed by atoms with E-state index in [1.54, 1.807) is 13.0 Å². The third-order valence-electron chi connectivity index (χ3n) is 3.91. The molecule has 2 rings (SSSR count). The molecule has 1 aliphatic carbocycles. The molecule has 0 spiro atoms. The van der Waals surface area contributed by atoms with E-state index in [4.69, 9.17) is 5.73 Å². The van der Waals surface area contributed by atoms with Crippen LogP contribution in [0.1, 0.15) is 28.8 Å². The normalized spacial score (nSPS) is 22.1. The van der Waals surface area contributed by atoms with Gasteiger partial charge in [-0.15, -0.1) is 0 Å². The van der Waals surface area contributed by atoms with E-state index < -0.39 is 15.9 Å². The topological polar surface area (TPSA) is 101 Å². The largest absolute Gasteiger partial charge is 0.393 e. The summed E-state index contributed by atoms with van der Waals surface area (Å²) in [6, 6.07) is 4.37. The number of hydrogen-bond donors (Lipinski definition) is 2. The van der Waals surface area contributed by atoms with Gasteiger partial charge >= 0.3 is 0 Å². The number of aliphatic hydroxyl groups is 1. The van der Waals surface area contributed by atoms with E-state index in [-0.39, 0.29) is 22.5 Å².